The maximum absolute atomic E-state index is 11.8. The van der Waals surface area contributed by atoms with E-state index in [9.17, 15) is 9.59 Å². The summed E-state index contributed by atoms with van der Waals surface area (Å²) in [5, 5.41) is 0. The highest BCUT2D eigenvalue weighted by molar-refractivity contribution is 5.98. The van der Waals surface area contributed by atoms with Crippen LogP contribution in [0.4, 0.5) is 0 Å². The van der Waals surface area contributed by atoms with Gasteiger partial charge in [-0.05, 0) is 38.8 Å². The fourth-order valence-corrected chi connectivity index (χ4v) is 1.57. The molecule has 0 spiro atoms. The van der Waals surface area contributed by atoms with Crippen molar-refractivity contribution < 1.29 is 23.8 Å². The average Bonchev–Trinajstić information content (AvgIpc) is 2.53. The molecule has 0 aliphatic rings. The monoisotopic (exact) mass is 304 g/mol. The minimum absolute atomic E-state index is 0.344. The van der Waals surface area contributed by atoms with Gasteiger partial charge in [0.25, 0.3) is 5.78 Å². The molecule has 1 aromatic carbocycles. The molecule has 1 rings (SSSR count). The second kappa shape index (κ2) is 9.72. The zero-order valence-electron chi connectivity index (χ0n) is 13.0. The Morgan fingerprint density at radius 3 is 2.23 bits per heavy atom. The number of rotatable bonds is 7. The van der Waals surface area contributed by atoms with E-state index in [1.807, 2.05) is 0 Å². The van der Waals surface area contributed by atoms with E-state index in [1.165, 1.54) is 0 Å². The third kappa shape index (κ3) is 6.08. The van der Waals surface area contributed by atoms with Crippen LogP contribution in [0.2, 0.25) is 0 Å². The third-order valence-electron chi connectivity index (χ3n) is 2.54. The van der Waals surface area contributed by atoms with E-state index in [0.717, 1.165) is 0 Å². The predicted octanol–water partition coefficient (Wildman–Crippen LogP) is 2.20. The highest BCUT2D eigenvalue weighted by atomic mass is 16.7. The topological polar surface area (TPSA) is 61.8 Å². The van der Waals surface area contributed by atoms with Gasteiger partial charge in [-0.25, -0.2) is 4.79 Å². The number of ether oxygens (including phenoxy) is 3. The number of benzene rings is 1. The molecule has 0 bridgehead atoms. The maximum Gasteiger partial charge on any atom is 0.339 e. The predicted molar refractivity (Wildman–Crippen MR) is 81.1 cm³/mol. The fraction of sp³-hybridized carbons (Fsp3) is 0.412. The largest absolute Gasteiger partial charge is 0.446 e. The van der Waals surface area contributed by atoms with Gasteiger partial charge >= 0.3 is 5.97 Å². The van der Waals surface area contributed by atoms with Crippen LogP contribution in [-0.2, 0) is 19.0 Å². The first kappa shape index (κ1) is 17.9. The Bertz CT molecular complexity index is 535. The quantitative estimate of drug-likeness (QED) is 0.334. The van der Waals surface area contributed by atoms with Gasteiger partial charge in [-0.15, -0.1) is 0 Å². The summed E-state index contributed by atoms with van der Waals surface area (Å²) < 4.78 is 15.4. The van der Waals surface area contributed by atoms with Crippen LogP contribution in [-0.4, -0.2) is 37.4 Å². The van der Waals surface area contributed by atoms with Crippen LogP contribution in [0.15, 0.2) is 30.3 Å². The molecule has 0 fully saturated rings. The normalized spacial score (nSPS) is 11.5. The molecule has 1 aromatic rings. The van der Waals surface area contributed by atoms with Crippen molar-refractivity contribution in [2.45, 2.75) is 33.2 Å². The van der Waals surface area contributed by atoms with Crippen LogP contribution in [0.25, 0.3) is 0 Å². The van der Waals surface area contributed by atoms with Gasteiger partial charge in [-0.1, -0.05) is 24.1 Å². The highest BCUT2D eigenvalue weighted by Gasteiger charge is 2.17. The minimum atomic E-state index is -1.00. The number of hydrogen-bond acceptors (Lipinski definition) is 5. The van der Waals surface area contributed by atoms with Gasteiger partial charge in [0.2, 0.25) is 6.29 Å². The van der Waals surface area contributed by atoms with Crippen molar-refractivity contribution in [3.63, 3.8) is 0 Å². The van der Waals surface area contributed by atoms with Crippen molar-refractivity contribution >= 4 is 11.8 Å². The van der Waals surface area contributed by atoms with Crippen molar-refractivity contribution in [2.24, 2.45) is 0 Å². The third-order valence-corrected chi connectivity index (χ3v) is 2.54. The van der Waals surface area contributed by atoms with Crippen LogP contribution >= 0.6 is 0 Å². The zero-order chi connectivity index (χ0) is 16.4. The van der Waals surface area contributed by atoms with Gasteiger partial charge in [0.05, 0.1) is 5.56 Å². The van der Waals surface area contributed by atoms with Gasteiger partial charge in [0, 0.05) is 13.2 Å². The van der Waals surface area contributed by atoms with Crippen LogP contribution < -0.4 is 0 Å². The van der Waals surface area contributed by atoms with E-state index in [2.05, 4.69) is 11.8 Å². The maximum atomic E-state index is 11.8. The molecule has 0 saturated heterocycles. The summed E-state index contributed by atoms with van der Waals surface area (Å²) in [5.41, 5.74) is 0.434. The lowest BCUT2D eigenvalue weighted by atomic mass is 10.2. The van der Waals surface area contributed by atoms with Gasteiger partial charge in [-0.3, -0.25) is 4.79 Å². The average molecular weight is 304 g/mol. The van der Waals surface area contributed by atoms with Gasteiger partial charge in [0.15, 0.2) is 6.10 Å². The number of carbonyl (C=O) groups excluding carboxylic acids is 2. The van der Waals surface area contributed by atoms with E-state index in [1.54, 1.807) is 51.1 Å². The zero-order valence-corrected chi connectivity index (χ0v) is 13.0. The molecule has 0 aliphatic heterocycles. The number of Topliss-reactive ketones (excluding diaryl/α,β-unsaturated/α-hetero) is 1. The summed E-state index contributed by atoms with van der Waals surface area (Å²) in [6.45, 7) is 5.80. The molecule has 0 aliphatic carbocycles. The Morgan fingerprint density at radius 1 is 1.09 bits per heavy atom. The first-order chi connectivity index (χ1) is 10.6. The molecular weight excluding hydrogens is 284 g/mol. The summed E-state index contributed by atoms with van der Waals surface area (Å²) in [5.74, 6) is 3.99. The molecule has 1 atom stereocenters. The standard InChI is InChI=1S/C17H20O5/c1-4-20-17(21-5-2)15(18)12-11-13(3)22-16(19)14-9-7-6-8-10-14/h6-10,13,17H,4-5H2,1-3H3. The molecule has 5 heteroatoms. The Morgan fingerprint density at radius 2 is 1.68 bits per heavy atom. The second-order valence-corrected chi connectivity index (χ2v) is 4.29. The fourth-order valence-electron chi connectivity index (χ4n) is 1.57. The Hall–Kier alpha value is -2.16. The Labute approximate surface area is 130 Å². The van der Waals surface area contributed by atoms with E-state index >= 15 is 0 Å². The summed E-state index contributed by atoms with van der Waals surface area (Å²) in [6, 6.07) is 8.58. The lowest BCUT2D eigenvalue weighted by Gasteiger charge is -2.12. The van der Waals surface area contributed by atoms with Gasteiger partial charge < -0.3 is 14.2 Å². The molecule has 0 heterocycles. The van der Waals surface area contributed by atoms with Crippen molar-refractivity contribution in [2.75, 3.05) is 13.2 Å². The van der Waals surface area contributed by atoms with Crippen molar-refractivity contribution in [1.29, 1.82) is 0 Å². The van der Waals surface area contributed by atoms with Crippen molar-refractivity contribution in [1.82, 2.24) is 0 Å². The molecule has 22 heavy (non-hydrogen) atoms. The first-order valence-corrected chi connectivity index (χ1v) is 7.13. The van der Waals surface area contributed by atoms with Crippen LogP contribution in [0, 0.1) is 11.8 Å². The summed E-state index contributed by atoms with van der Waals surface area (Å²) in [6.07, 6.45) is -1.71. The Balaban J connectivity index is 2.59. The molecular formula is C17H20O5. The Kier molecular flexibility index (Phi) is 7.90. The molecule has 0 aromatic heterocycles. The number of ketones is 1. The number of esters is 1. The van der Waals surface area contributed by atoms with Crippen LogP contribution in [0.1, 0.15) is 31.1 Å². The lowest BCUT2D eigenvalue weighted by molar-refractivity contribution is -0.162. The van der Waals surface area contributed by atoms with Crippen LogP contribution in [0.3, 0.4) is 0 Å². The minimum Gasteiger partial charge on any atom is -0.446 e. The van der Waals surface area contributed by atoms with E-state index < -0.39 is 24.1 Å². The molecule has 118 valence electrons. The molecule has 1 unspecified atom stereocenters. The number of hydrogen-bond donors (Lipinski definition) is 0. The first-order valence-electron chi connectivity index (χ1n) is 7.13. The molecule has 0 saturated carbocycles. The smallest absolute Gasteiger partial charge is 0.339 e. The van der Waals surface area contributed by atoms with Crippen molar-refractivity contribution in [3.05, 3.63) is 35.9 Å². The molecule has 0 N–H and O–H groups in total. The summed E-state index contributed by atoms with van der Waals surface area (Å²) in [7, 11) is 0. The second-order valence-electron chi connectivity index (χ2n) is 4.29. The van der Waals surface area contributed by atoms with E-state index in [0.29, 0.717) is 18.8 Å². The summed E-state index contributed by atoms with van der Waals surface area (Å²) in [4.78, 5) is 23.6. The number of carbonyl (C=O) groups is 2. The van der Waals surface area contributed by atoms with Gasteiger partial charge in [0.1, 0.15) is 0 Å². The van der Waals surface area contributed by atoms with Crippen molar-refractivity contribution in [3.8, 4) is 11.8 Å². The SMILES string of the molecule is CCOC(OCC)C(=O)C#CC(C)OC(=O)c1ccccc1. The van der Waals surface area contributed by atoms with Gasteiger partial charge in [-0.2, -0.15) is 0 Å². The molecule has 5 nitrogen and oxygen atoms in total. The van der Waals surface area contributed by atoms with E-state index in [-0.39, 0.29) is 0 Å². The molecule has 0 amide bonds. The lowest BCUT2D eigenvalue weighted by Crippen LogP contribution is -2.26. The van der Waals surface area contributed by atoms with Crippen LogP contribution in [0.5, 0.6) is 0 Å². The molecule has 0 radical (unpaired) electrons. The van der Waals surface area contributed by atoms with E-state index in [4.69, 9.17) is 14.2 Å². The summed E-state index contributed by atoms with van der Waals surface area (Å²) >= 11 is 0. The highest BCUT2D eigenvalue weighted by Crippen LogP contribution is 2.03.